The van der Waals surface area contributed by atoms with E-state index in [9.17, 15) is 14.7 Å². The minimum absolute atomic E-state index is 0.184. The normalized spacial score (nSPS) is 16.9. The number of rotatable bonds is 4. The highest BCUT2D eigenvalue weighted by atomic mass is 16.7. The number of fused-ring (bicyclic) bond motifs is 2. The minimum Gasteiger partial charge on any atom is -0.465 e. The largest absolute Gasteiger partial charge is 0.465 e. The summed E-state index contributed by atoms with van der Waals surface area (Å²) in [6.45, 7) is 0.871. The van der Waals surface area contributed by atoms with Gasteiger partial charge in [0.1, 0.15) is 22.8 Å². The number of nitrogen functional groups attached to an aromatic ring is 1. The number of nitrogens with zero attached hydrogens (tertiary/aromatic N) is 4. The highest BCUT2D eigenvalue weighted by molar-refractivity contribution is 5.87. The van der Waals surface area contributed by atoms with E-state index in [-0.39, 0.29) is 30.9 Å². The highest BCUT2D eigenvalue weighted by Crippen LogP contribution is 2.37. The van der Waals surface area contributed by atoms with Crippen molar-refractivity contribution < 1.29 is 24.1 Å². The average Bonchev–Trinajstić information content (AvgIpc) is 3.47. The molecule has 0 radical (unpaired) electrons. The van der Waals surface area contributed by atoms with Gasteiger partial charge < -0.3 is 30.0 Å². The lowest BCUT2D eigenvalue weighted by molar-refractivity contribution is 0.121. The summed E-state index contributed by atoms with van der Waals surface area (Å²) in [4.78, 5) is 30.8. The van der Waals surface area contributed by atoms with Crippen molar-refractivity contribution in [3.63, 3.8) is 0 Å². The van der Waals surface area contributed by atoms with Crippen LogP contribution in [0.25, 0.3) is 16.7 Å². The Labute approximate surface area is 204 Å². The molecule has 36 heavy (non-hydrogen) atoms. The number of carbonyl (C=O) groups is 1. The van der Waals surface area contributed by atoms with E-state index in [2.05, 4.69) is 4.98 Å². The second-order valence-electron chi connectivity index (χ2n) is 8.69. The minimum atomic E-state index is -0.990. The lowest BCUT2D eigenvalue weighted by Gasteiger charge is -2.31. The van der Waals surface area contributed by atoms with Gasteiger partial charge >= 0.3 is 11.8 Å². The third-order valence-corrected chi connectivity index (χ3v) is 6.52. The molecular formula is C25H23N5O6. The number of piperidine rings is 1. The summed E-state index contributed by atoms with van der Waals surface area (Å²) in [6.07, 6.45) is 1.92. The molecule has 2 aromatic carbocycles. The van der Waals surface area contributed by atoms with Crippen LogP contribution in [-0.4, -0.2) is 50.1 Å². The molecule has 1 fully saturated rings. The van der Waals surface area contributed by atoms with E-state index < -0.39 is 6.09 Å². The second kappa shape index (κ2) is 8.52. The monoisotopic (exact) mass is 489 g/mol. The van der Waals surface area contributed by atoms with Crippen molar-refractivity contribution in [2.75, 3.05) is 25.6 Å². The predicted molar refractivity (Wildman–Crippen MR) is 130 cm³/mol. The first-order valence-electron chi connectivity index (χ1n) is 11.5. The molecule has 4 aromatic rings. The maximum Gasteiger partial charge on any atom is 0.407 e. The lowest BCUT2D eigenvalue weighted by Crippen LogP contribution is -2.42. The fourth-order valence-corrected chi connectivity index (χ4v) is 4.86. The van der Waals surface area contributed by atoms with Gasteiger partial charge in [0.05, 0.1) is 17.2 Å². The number of ether oxygens (including phenoxy) is 3. The van der Waals surface area contributed by atoms with Gasteiger partial charge in [-0.05, 0) is 55.3 Å². The Bertz CT molecular complexity index is 1530. The molecule has 3 N–H and O–H groups in total. The molecule has 0 saturated carbocycles. The Morgan fingerprint density at radius 1 is 1.08 bits per heavy atom. The summed E-state index contributed by atoms with van der Waals surface area (Å²) < 4.78 is 19.8. The van der Waals surface area contributed by atoms with Crippen molar-refractivity contribution in [2.45, 2.75) is 18.9 Å². The van der Waals surface area contributed by atoms with Gasteiger partial charge in [-0.15, -0.1) is 0 Å². The van der Waals surface area contributed by atoms with E-state index in [1.54, 1.807) is 59.3 Å². The zero-order chi connectivity index (χ0) is 24.8. The zero-order valence-electron chi connectivity index (χ0n) is 19.2. The fourth-order valence-electron chi connectivity index (χ4n) is 4.86. The molecule has 1 amide bonds. The SMILES string of the molecule is Nc1nccc2c1n(-c1ccc(Oc3ccc4c(c3)OCO4)cc1)c(=O)n2[C@@H]1CCCN(C(=O)O)C1. The molecule has 184 valence electrons. The van der Waals surface area contributed by atoms with Crippen molar-refractivity contribution in [3.05, 3.63) is 65.2 Å². The molecule has 1 atom stereocenters. The van der Waals surface area contributed by atoms with Crippen LogP contribution in [0.2, 0.25) is 0 Å². The Morgan fingerprint density at radius 3 is 2.67 bits per heavy atom. The quantitative estimate of drug-likeness (QED) is 0.444. The predicted octanol–water partition coefficient (Wildman–Crippen LogP) is 3.61. The molecule has 2 aliphatic heterocycles. The Kier molecular flexibility index (Phi) is 5.17. The van der Waals surface area contributed by atoms with Crippen molar-refractivity contribution in [2.24, 2.45) is 0 Å². The molecule has 0 spiro atoms. The summed E-state index contributed by atoms with van der Waals surface area (Å²) in [5, 5.41) is 9.47. The van der Waals surface area contributed by atoms with Crippen LogP contribution in [0.4, 0.5) is 10.6 Å². The molecule has 2 aromatic heterocycles. The van der Waals surface area contributed by atoms with E-state index in [1.165, 1.54) is 9.47 Å². The number of carboxylic acid groups (broad SMARTS) is 1. The maximum atomic E-state index is 13.7. The molecule has 0 bridgehead atoms. The van der Waals surface area contributed by atoms with Crippen LogP contribution in [0, 0.1) is 0 Å². The maximum absolute atomic E-state index is 13.7. The van der Waals surface area contributed by atoms with Crippen LogP contribution in [-0.2, 0) is 0 Å². The summed E-state index contributed by atoms with van der Waals surface area (Å²) in [5.41, 5.74) is 7.62. The Morgan fingerprint density at radius 2 is 1.86 bits per heavy atom. The first-order chi connectivity index (χ1) is 17.5. The van der Waals surface area contributed by atoms with E-state index >= 15 is 0 Å². The molecule has 11 heteroatoms. The molecule has 4 heterocycles. The van der Waals surface area contributed by atoms with Crippen LogP contribution in [0.1, 0.15) is 18.9 Å². The first-order valence-corrected chi connectivity index (χ1v) is 11.5. The van der Waals surface area contributed by atoms with Crippen molar-refractivity contribution in [1.29, 1.82) is 0 Å². The first kappa shape index (κ1) is 21.8. The molecular weight excluding hydrogens is 466 g/mol. The summed E-state index contributed by atoms with van der Waals surface area (Å²) >= 11 is 0. The van der Waals surface area contributed by atoms with Gasteiger partial charge in [-0.1, -0.05) is 0 Å². The van der Waals surface area contributed by atoms with Gasteiger partial charge in [0, 0.05) is 25.4 Å². The Balaban J connectivity index is 1.36. The third-order valence-electron chi connectivity index (χ3n) is 6.52. The van der Waals surface area contributed by atoms with Crippen LogP contribution >= 0.6 is 0 Å². The fraction of sp³-hybridized carbons (Fsp3) is 0.240. The third kappa shape index (κ3) is 3.65. The molecule has 0 unspecified atom stereocenters. The lowest BCUT2D eigenvalue weighted by atomic mass is 10.1. The van der Waals surface area contributed by atoms with E-state index in [4.69, 9.17) is 19.9 Å². The molecule has 0 aliphatic carbocycles. The van der Waals surface area contributed by atoms with Crippen LogP contribution < -0.4 is 25.6 Å². The van der Waals surface area contributed by atoms with Gasteiger partial charge in [0.2, 0.25) is 6.79 Å². The number of hydrogen-bond acceptors (Lipinski definition) is 7. The van der Waals surface area contributed by atoms with Crippen LogP contribution in [0.15, 0.2) is 59.5 Å². The van der Waals surface area contributed by atoms with Crippen molar-refractivity contribution in [3.8, 4) is 28.7 Å². The molecule has 1 saturated heterocycles. The second-order valence-corrected chi connectivity index (χ2v) is 8.69. The van der Waals surface area contributed by atoms with E-state index in [0.29, 0.717) is 59.1 Å². The van der Waals surface area contributed by atoms with Gasteiger partial charge in [-0.3, -0.25) is 9.13 Å². The number of imidazole rings is 1. The van der Waals surface area contributed by atoms with E-state index in [0.717, 1.165) is 0 Å². The van der Waals surface area contributed by atoms with Crippen LogP contribution in [0.3, 0.4) is 0 Å². The van der Waals surface area contributed by atoms with Crippen LogP contribution in [0.5, 0.6) is 23.0 Å². The summed E-state index contributed by atoms with van der Waals surface area (Å²) in [5.74, 6) is 2.68. The number of benzene rings is 2. The van der Waals surface area contributed by atoms with Crippen molar-refractivity contribution in [1.82, 2.24) is 19.0 Å². The number of anilines is 1. The Hall–Kier alpha value is -4.67. The van der Waals surface area contributed by atoms with Crippen molar-refractivity contribution >= 4 is 22.9 Å². The highest BCUT2D eigenvalue weighted by Gasteiger charge is 2.29. The molecule has 6 rings (SSSR count). The number of amides is 1. The molecule has 11 nitrogen and oxygen atoms in total. The zero-order valence-corrected chi connectivity index (χ0v) is 19.2. The average molecular weight is 489 g/mol. The number of nitrogens with two attached hydrogens (primary N) is 1. The van der Waals surface area contributed by atoms with Gasteiger partial charge in [0.25, 0.3) is 0 Å². The molecule has 2 aliphatic rings. The number of pyridine rings is 1. The topological polar surface area (TPSA) is 134 Å². The van der Waals surface area contributed by atoms with E-state index in [1.807, 2.05) is 0 Å². The van der Waals surface area contributed by atoms with Gasteiger partial charge in [0.15, 0.2) is 11.5 Å². The number of aromatic nitrogens is 3. The summed E-state index contributed by atoms with van der Waals surface area (Å²) in [6, 6.07) is 13.8. The standard InChI is InChI=1S/C25H23N5O6/c26-23-22-19(9-10-27-23)29(16-2-1-11-28(13-16)25(32)33)24(31)30(22)15-3-5-17(6-4-15)36-18-7-8-20-21(12-18)35-14-34-20/h3-10,12,16H,1-2,11,13-14H2,(H2,26,27)(H,32,33)/t16-/m1/s1. The number of likely N-dealkylation sites (tertiary alicyclic amines) is 1. The smallest absolute Gasteiger partial charge is 0.407 e. The van der Waals surface area contributed by atoms with Gasteiger partial charge in [-0.25, -0.2) is 14.6 Å². The summed E-state index contributed by atoms with van der Waals surface area (Å²) in [7, 11) is 0. The van der Waals surface area contributed by atoms with Gasteiger partial charge in [-0.2, -0.15) is 0 Å². The number of hydrogen-bond donors (Lipinski definition) is 2.